The summed E-state index contributed by atoms with van der Waals surface area (Å²) >= 11 is 0. The first-order valence-electron chi connectivity index (χ1n) is 6.48. The molecule has 6 nitrogen and oxygen atoms in total. The Morgan fingerprint density at radius 2 is 1.90 bits per heavy atom. The molecule has 0 aliphatic rings. The molecule has 1 aromatic carbocycles. The molecule has 0 amide bonds. The van der Waals surface area contributed by atoms with Gasteiger partial charge in [0.15, 0.2) is 0 Å². The molecule has 0 aliphatic carbocycles. The SMILES string of the molecule is CNS(=O)(=O)c1ccc(CN[C@H](CO)c2ccccc2)o1. The Morgan fingerprint density at radius 1 is 1.19 bits per heavy atom. The van der Waals surface area contributed by atoms with Gasteiger partial charge in [-0.15, -0.1) is 0 Å². The van der Waals surface area contributed by atoms with Crippen LogP contribution in [-0.2, 0) is 16.6 Å². The zero-order valence-electron chi connectivity index (χ0n) is 11.6. The summed E-state index contributed by atoms with van der Waals surface area (Å²) in [6, 6.07) is 12.3. The van der Waals surface area contributed by atoms with Crippen LogP contribution in [0.3, 0.4) is 0 Å². The molecule has 7 heteroatoms. The van der Waals surface area contributed by atoms with Crippen LogP contribution in [0.1, 0.15) is 17.4 Å². The van der Waals surface area contributed by atoms with E-state index in [0.717, 1.165) is 5.56 Å². The second kappa shape index (κ2) is 6.86. The highest BCUT2D eigenvalue weighted by Gasteiger charge is 2.17. The van der Waals surface area contributed by atoms with E-state index in [4.69, 9.17) is 4.42 Å². The molecule has 0 fully saturated rings. The second-order valence-corrected chi connectivity index (χ2v) is 6.27. The van der Waals surface area contributed by atoms with Crippen molar-refractivity contribution in [1.82, 2.24) is 10.0 Å². The van der Waals surface area contributed by atoms with Gasteiger partial charge in [-0.05, 0) is 24.7 Å². The van der Waals surface area contributed by atoms with Gasteiger partial charge in [0.1, 0.15) is 5.76 Å². The molecule has 1 atom stereocenters. The summed E-state index contributed by atoms with van der Waals surface area (Å²) in [7, 11) is -2.24. The van der Waals surface area contributed by atoms with E-state index in [0.29, 0.717) is 12.3 Å². The highest BCUT2D eigenvalue weighted by molar-refractivity contribution is 7.89. The van der Waals surface area contributed by atoms with Gasteiger partial charge in [-0.3, -0.25) is 0 Å². The van der Waals surface area contributed by atoms with Crippen LogP contribution >= 0.6 is 0 Å². The minimum atomic E-state index is -3.57. The van der Waals surface area contributed by atoms with Crippen LogP contribution < -0.4 is 10.0 Å². The van der Waals surface area contributed by atoms with Gasteiger partial charge in [-0.1, -0.05) is 30.3 Å². The van der Waals surface area contributed by atoms with Crippen LogP contribution in [0.15, 0.2) is 52.0 Å². The smallest absolute Gasteiger partial charge is 0.273 e. The Morgan fingerprint density at radius 3 is 2.52 bits per heavy atom. The third-order valence-electron chi connectivity index (χ3n) is 3.08. The molecule has 3 N–H and O–H groups in total. The minimum absolute atomic E-state index is 0.0631. The summed E-state index contributed by atoms with van der Waals surface area (Å²) in [5, 5.41) is 12.4. The third-order valence-corrected chi connectivity index (χ3v) is 4.36. The standard InChI is InChI=1S/C14H18N2O4S/c1-15-21(18,19)14-8-7-12(20-14)9-16-13(10-17)11-5-3-2-4-6-11/h2-8,13,15-17H,9-10H2,1H3/t13-/m1/s1. The highest BCUT2D eigenvalue weighted by atomic mass is 32.2. The number of hydrogen-bond acceptors (Lipinski definition) is 5. The van der Waals surface area contributed by atoms with Crippen molar-refractivity contribution in [2.45, 2.75) is 17.7 Å². The van der Waals surface area contributed by atoms with E-state index >= 15 is 0 Å². The topological polar surface area (TPSA) is 91.6 Å². The van der Waals surface area contributed by atoms with Gasteiger partial charge in [0.05, 0.1) is 19.2 Å². The van der Waals surface area contributed by atoms with E-state index in [1.165, 1.54) is 13.1 Å². The second-order valence-electron chi connectivity index (χ2n) is 4.46. The highest BCUT2D eigenvalue weighted by Crippen LogP contribution is 2.16. The van der Waals surface area contributed by atoms with Crippen molar-refractivity contribution in [3.63, 3.8) is 0 Å². The molecule has 0 saturated carbocycles. The van der Waals surface area contributed by atoms with E-state index in [1.54, 1.807) is 6.07 Å². The number of nitrogens with one attached hydrogen (secondary N) is 2. The Hall–Kier alpha value is -1.67. The molecule has 114 valence electrons. The van der Waals surface area contributed by atoms with Gasteiger partial charge in [0, 0.05) is 0 Å². The molecule has 0 radical (unpaired) electrons. The first-order valence-corrected chi connectivity index (χ1v) is 7.96. The number of rotatable bonds is 7. The van der Waals surface area contributed by atoms with Crippen LogP contribution in [0.4, 0.5) is 0 Å². The molecule has 1 heterocycles. The van der Waals surface area contributed by atoms with E-state index in [9.17, 15) is 13.5 Å². The van der Waals surface area contributed by atoms with Crippen molar-refractivity contribution < 1.29 is 17.9 Å². The van der Waals surface area contributed by atoms with E-state index in [1.807, 2.05) is 30.3 Å². The summed E-state index contributed by atoms with van der Waals surface area (Å²) in [4.78, 5) is 0. The lowest BCUT2D eigenvalue weighted by atomic mass is 10.1. The minimum Gasteiger partial charge on any atom is -0.447 e. The maximum atomic E-state index is 11.6. The number of furan rings is 1. The van der Waals surface area contributed by atoms with E-state index in [-0.39, 0.29) is 17.7 Å². The number of hydrogen-bond donors (Lipinski definition) is 3. The van der Waals surface area contributed by atoms with Gasteiger partial charge in [0.25, 0.3) is 10.0 Å². The van der Waals surface area contributed by atoms with Gasteiger partial charge in [0.2, 0.25) is 5.09 Å². The Labute approximate surface area is 123 Å². The Balaban J connectivity index is 2.03. The van der Waals surface area contributed by atoms with Crippen LogP contribution in [0.2, 0.25) is 0 Å². The molecule has 1 aromatic heterocycles. The molecule has 0 bridgehead atoms. The van der Waals surface area contributed by atoms with Crippen LogP contribution in [0.25, 0.3) is 0 Å². The fraction of sp³-hybridized carbons (Fsp3) is 0.286. The number of aliphatic hydroxyl groups excluding tert-OH is 1. The average Bonchev–Trinajstić information content (AvgIpc) is 2.99. The number of sulfonamides is 1. The van der Waals surface area contributed by atoms with Gasteiger partial charge >= 0.3 is 0 Å². The fourth-order valence-corrected chi connectivity index (χ4v) is 2.56. The average molecular weight is 310 g/mol. The molecule has 2 aromatic rings. The monoisotopic (exact) mass is 310 g/mol. The summed E-state index contributed by atoms with van der Waals surface area (Å²) in [6.07, 6.45) is 0. The van der Waals surface area contributed by atoms with Crippen LogP contribution in [0.5, 0.6) is 0 Å². The van der Waals surface area contributed by atoms with E-state index in [2.05, 4.69) is 10.0 Å². The van der Waals surface area contributed by atoms with Crippen molar-refractivity contribution in [2.24, 2.45) is 0 Å². The number of benzene rings is 1. The molecule has 0 unspecified atom stereocenters. The van der Waals surface area contributed by atoms with Crippen LogP contribution in [-0.4, -0.2) is 27.2 Å². The van der Waals surface area contributed by atoms with Crippen molar-refractivity contribution in [1.29, 1.82) is 0 Å². The van der Waals surface area contributed by atoms with Gasteiger partial charge in [-0.25, -0.2) is 13.1 Å². The molecule has 21 heavy (non-hydrogen) atoms. The maximum absolute atomic E-state index is 11.6. The zero-order chi connectivity index (χ0) is 15.3. The van der Waals surface area contributed by atoms with Gasteiger partial charge in [-0.2, -0.15) is 0 Å². The Bertz CT molecular complexity index is 667. The lowest BCUT2D eigenvalue weighted by Gasteiger charge is -2.15. The summed E-state index contributed by atoms with van der Waals surface area (Å²) in [5.74, 6) is 0.484. The summed E-state index contributed by atoms with van der Waals surface area (Å²) < 4.78 is 30.6. The fourth-order valence-electron chi connectivity index (χ4n) is 1.90. The van der Waals surface area contributed by atoms with Crippen molar-refractivity contribution in [3.8, 4) is 0 Å². The number of aliphatic hydroxyl groups is 1. The first-order chi connectivity index (χ1) is 10.1. The molecule has 0 saturated heterocycles. The largest absolute Gasteiger partial charge is 0.447 e. The maximum Gasteiger partial charge on any atom is 0.273 e. The molecular weight excluding hydrogens is 292 g/mol. The summed E-state index contributed by atoms with van der Waals surface area (Å²) in [6.45, 7) is 0.256. The van der Waals surface area contributed by atoms with Gasteiger partial charge < -0.3 is 14.8 Å². The molecule has 0 aliphatic heterocycles. The lowest BCUT2D eigenvalue weighted by Crippen LogP contribution is -2.23. The van der Waals surface area contributed by atoms with Crippen LogP contribution in [0, 0.1) is 0 Å². The van der Waals surface area contributed by atoms with Crippen molar-refractivity contribution >= 4 is 10.0 Å². The van der Waals surface area contributed by atoms with E-state index < -0.39 is 10.0 Å². The van der Waals surface area contributed by atoms with Crippen molar-refractivity contribution in [2.75, 3.05) is 13.7 Å². The Kier molecular flexibility index (Phi) is 5.13. The molecule has 2 rings (SSSR count). The first kappa shape index (κ1) is 15.7. The normalized spacial score (nSPS) is 13.2. The predicted molar refractivity (Wildman–Crippen MR) is 78.1 cm³/mol. The molecular formula is C14H18N2O4S. The lowest BCUT2D eigenvalue weighted by molar-refractivity contribution is 0.239. The summed E-state index contributed by atoms with van der Waals surface area (Å²) in [5.41, 5.74) is 0.953. The molecule has 0 spiro atoms. The quantitative estimate of drug-likeness (QED) is 0.710. The van der Waals surface area contributed by atoms with Crippen molar-refractivity contribution in [3.05, 3.63) is 53.8 Å². The third kappa shape index (κ3) is 3.92. The zero-order valence-corrected chi connectivity index (χ0v) is 12.4. The predicted octanol–water partition coefficient (Wildman–Crippen LogP) is 1.01.